The number of nitrogens with zero attached hydrogens (tertiary/aromatic N) is 2. The molecule has 0 spiro atoms. The smallest absolute Gasteiger partial charge is 0.161 e. The van der Waals surface area contributed by atoms with E-state index in [0.717, 1.165) is 34.7 Å². The largest absolute Gasteiger partial charge is 0.490 e. The van der Waals surface area contributed by atoms with Crippen molar-refractivity contribution in [3.8, 4) is 22.8 Å². The second-order valence-corrected chi connectivity index (χ2v) is 4.44. The minimum atomic E-state index is 0.497. The first-order valence-corrected chi connectivity index (χ1v) is 6.23. The number of hydrogen-bond donors (Lipinski definition) is 1. The maximum absolute atomic E-state index is 5.81. The lowest BCUT2D eigenvalue weighted by Gasteiger charge is -2.11. The van der Waals surface area contributed by atoms with E-state index in [4.69, 9.17) is 15.2 Å². The van der Waals surface area contributed by atoms with Crippen LogP contribution in [0, 0.1) is 6.92 Å². The van der Waals surface area contributed by atoms with Gasteiger partial charge in [-0.05, 0) is 25.1 Å². The summed E-state index contributed by atoms with van der Waals surface area (Å²) in [7, 11) is 0. The Morgan fingerprint density at radius 3 is 2.74 bits per heavy atom. The molecule has 2 N–H and O–H groups in total. The normalized spacial score (nSPS) is 13.9. The molecule has 0 bridgehead atoms. The van der Waals surface area contributed by atoms with Crippen LogP contribution in [0.2, 0.25) is 0 Å². The Morgan fingerprint density at radius 1 is 1.11 bits per heavy atom. The van der Waals surface area contributed by atoms with Gasteiger partial charge in [0, 0.05) is 17.5 Å². The predicted octanol–water partition coefficient (Wildman–Crippen LogP) is 2.20. The number of rotatable bonds is 1. The van der Waals surface area contributed by atoms with Crippen LogP contribution in [0.1, 0.15) is 12.0 Å². The van der Waals surface area contributed by atoms with Gasteiger partial charge in [-0.15, -0.1) is 0 Å². The molecule has 98 valence electrons. The fraction of sp³-hybridized carbons (Fsp3) is 0.286. The summed E-state index contributed by atoms with van der Waals surface area (Å²) in [6.07, 6.45) is 2.37. The van der Waals surface area contributed by atoms with Crippen LogP contribution < -0.4 is 15.2 Å². The summed E-state index contributed by atoms with van der Waals surface area (Å²) >= 11 is 0. The van der Waals surface area contributed by atoms with E-state index in [-0.39, 0.29) is 0 Å². The summed E-state index contributed by atoms with van der Waals surface area (Å²) < 4.78 is 11.3. The Bertz CT molecular complexity index is 614. The lowest BCUT2D eigenvalue weighted by molar-refractivity contribution is 0.297. The molecule has 1 aromatic carbocycles. The minimum Gasteiger partial charge on any atom is -0.490 e. The zero-order chi connectivity index (χ0) is 13.2. The Balaban J connectivity index is 2.06. The lowest BCUT2D eigenvalue weighted by Crippen LogP contribution is -1.99. The van der Waals surface area contributed by atoms with Gasteiger partial charge in [0.15, 0.2) is 11.5 Å². The second kappa shape index (κ2) is 4.76. The molecular formula is C14H15N3O2. The van der Waals surface area contributed by atoms with Crippen molar-refractivity contribution in [2.45, 2.75) is 13.3 Å². The third kappa shape index (κ3) is 2.19. The van der Waals surface area contributed by atoms with Gasteiger partial charge in [0.1, 0.15) is 12.1 Å². The number of fused-ring (bicyclic) bond motifs is 1. The SMILES string of the molecule is Cc1c(N)ncnc1-c1ccc2c(c1)OCCCO2. The highest BCUT2D eigenvalue weighted by molar-refractivity contribution is 5.69. The van der Waals surface area contributed by atoms with Gasteiger partial charge in [-0.25, -0.2) is 9.97 Å². The van der Waals surface area contributed by atoms with Gasteiger partial charge in [-0.1, -0.05) is 0 Å². The molecule has 0 unspecified atom stereocenters. The van der Waals surface area contributed by atoms with Crippen LogP contribution in [0.5, 0.6) is 11.5 Å². The van der Waals surface area contributed by atoms with Crippen molar-refractivity contribution in [2.24, 2.45) is 0 Å². The maximum atomic E-state index is 5.81. The fourth-order valence-electron chi connectivity index (χ4n) is 2.07. The molecule has 0 fully saturated rings. The number of nitrogen functional groups attached to an aromatic ring is 1. The lowest BCUT2D eigenvalue weighted by atomic mass is 10.1. The van der Waals surface area contributed by atoms with E-state index < -0.39 is 0 Å². The molecule has 0 radical (unpaired) electrons. The molecule has 0 saturated heterocycles. The molecule has 0 saturated carbocycles. The van der Waals surface area contributed by atoms with Crippen LogP contribution in [0.4, 0.5) is 5.82 Å². The van der Waals surface area contributed by atoms with Crippen LogP contribution in [0.25, 0.3) is 11.3 Å². The van der Waals surface area contributed by atoms with Crippen molar-refractivity contribution >= 4 is 5.82 Å². The van der Waals surface area contributed by atoms with E-state index >= 15 is 0 Å². The number of nitrogens with two attached hydrogens (primary N) is 1. The highest BCUT2D eigenvalue weighted by Crippen LogP contribution is 2.34. The minimum absolute atomic E-state index is 0.497. The Labute approximate surface area is 111 Å². The highest BCUT2D eigenvalue weighted by atomic mass is 16.5. The summed E-state index contributed by atoms with van der Waals surface area (Å²) in [5, 5.41) is 0. The topological polar surface area (TPSA) is 70.3 Å². The number of benzene rings is 1. The van der Waals surface area contributed by atoms with Crippen molar-refractivity contribution in [1.82, 2.24) is 9.97 Å². The highest BCUT2D eigenvalue weighted by Gasteiger charge is 2.13. The standard InChI is InChI=1S/C14H15N3O2/c1-9-13(16-8-17-14(9)15)10-3-4-11-12(7-10)19-6-2-5-18-11/h3-4,7-8H,2,5-6H2,1H3,(H2,15,16,17). The van der Waals surface area contributed by atoms with E-state index in [0.29, 0.717) is 19.0 Å². The second-order valence-electron chi connectivity index (χ2n) is 4.44. The molecule has 1 aliphatic heterocycles. The number of hydrogen-bond acceptors (Lipinski definition) is 5. The molecule has 5 heteroatoms. The monoisotopic (exact) mass is 257 g/mol. The predicted molar refractivity (Wildman–Crippen MR) is 72.2 cm³/mol. The summed E-state index contributed by atoms with van der Waals surface area (Å²) in [4.78, 5) is 8.27. The van der Waals surface area contributed by atoms with Crippen LogP contribution >= 0.6 is 0 Å². The molecule has 2 aromatic rings. The quantitative estimate of drug-likeness (QED) is 0.848. The van der Waals surface area contributed by atoms with Gasteiger partial charge in [-0.2, -0.15) is 0 Å². The Morgan fingerprint density at radius 2 is 1.89 bits per heavy atom. The molecule has 1 aromatic heterocycles. The Hall–Kier alpha value is -2.30. The van der Waals surface area contributed by atoms with Crippen LogP contribution in [-0.2, 0) is 0 Å². The van der Waals surface area contributed by atoms with Gasteiger partial charge in [0.2, 0.25) is 0 Å². The zero-order valence-electron chi connectivity index (χ0n) is 10.7. The Kier molecular flexibility index (Phi) is 2.95. The van der Waals surface area contributed by atoms with E-state index in [1.54, 1.807) is 0 Å². The van der Waals surface area contributed by atoms with Crippen molar-refractivity contribution in [2.75, 3.05) is 18.9 Å². The molecular weight excluding hydrogens is 242 g/mol. The van der Waals surface area contributed by atoms with Gasteiger partial charge in [0.25, 0.3) is 0 Å². The van der Waals surface area contributed by atoms with Crippen LogP contribution in [0.3, 0.4) is 0 Å². The van der Waals surface area contributed by atoms with E-state index in [1.165, 1.54) is 6.33 Å². The van der Waals surface area contributed by atoms with Gasteiger partial charge in [0.05, 0.1) is 18.9 Å². The first kappa shape index (κ1) is 11.8. The average Bonchev–Trinajstić information content (AvgIpc) is 2.66. The van der Waals surface area contributed by atoms with Gasteiger partial charge in [-0.3, -0.25) is 0 Å². The molecule has 19 heavy (non-hydrogen) atoms. The number of ether oxygens (including phenoxy) is 2. The number of aromatic nitrogens is 2. The molecule has 0 amide bonds. The molecule has 5 nitrogen and oxygen atoms in total. The molecule has 1 aliphatic rings. The van der Waals surface area contributed by atoms with Gasteiger partial charge < -0.3 is 15.2 Å². The summed E-state index contributed by atoms with van der Waals surface area (Å²) in [5.74, 6) is 2.03. The maximum Gasteiger partial charge on any atom is 0.161 e. The van der Waals surface area contributed by atoms with E-state index in [2.05, 4.69) is 9.97 Å². The third-order valence-corrected chi connectivity index (χ3v) is 3.14. The first-order chi connectivity index (χ1) is 9.25. The zero-order valence-corrected chi connectivity index (χ0v) is 10.7. The van der Waals surface area contributed by atoms with Crippen LogP contribution in [-0.4, -0.2) is 23.2 Å². The first-order valence-electron chi connectivity index (χ1n) is 6.23. The number of anilines is 1. The van der Waals surface area contributed by atoms with E-state index in [1.807, 2.05) is 25.1 Å². The molecule has 0 aliphatic carbocycles. The van der Waals surface area contributed by atoms with Crippen LogP contribution in [0.15, 0.2) is 24.5 Å². The van der Waals surface area contributed by atoms with Gasteiger partial charge >= 0.3 is 0 Å². The average molecular weight is 257 g/mol. The third-order valence-electron chi connectivity index (χ3n) is 3.14. The molecule has 3 rings (SSSR count). The van der Waals surface area contributed by atoms with Crippen molar-refractivity contribution in [3.63, 3.8) is 0 Å². The molecule has 0 atom stereocenters. The van der Waals surface area contributed by atoms with Crippen molar-refractivity contribution in [3.05, 3.63) is 30.1 Å². The van der Waals surface area contributed by atoms with Crippen molar-refractivity contribution < 1.29 is 9.47 Å². The van der Waals surface area contributed by atoms with Crippen molar-refractivity contribution in [1.29, 1.82) is 0 Å². The fourth-order valence-corrected chi connectivity index (χ4v) is 2.07. The summed E-state index contributed by atoms with van der Waals surface area (Å²) in [6.45, 7) is 3.26. The molecule has 2 heterocycles. The summed E-state index contributed by atoms with van der Waals surface area (Å²) in [5.41, 5.74) is 8.46. The summed E-state index contributed by atoms with van der Waals surface area (Å²) in [6, 6.07) is 5.81. The van der Waals surface area contributed by atoms with E-state index in [9.17, 15) is 0 Å².